The van der Waals surface area contributed by atoms with E-state index >= 15 is 0 Å². The van der Waals surface area contributed by atoms with E-state index in [1.165, 1.54) is 6.33 Å². The van der Waals surface area contributed by atoms with Crippen molar-refractivity contribution in [1.82, 2.24) is 9.97 Å². The van der Waals surface area contributed by atoms with Crippen molar-refractivity contribution >= 4 is 11.5 Å². The van der Waals surface area contributed by atoms with E-state index in [9.17, 15) is 0 Å². The fourth-order valence-corrected chi connectivity index (χ4v) is 2.42. The lowest BCUT2D eigenvalue weighted by Crippen LogP contribution is -2.36. The first-order valence-electron chi connectivity index (χ1n) is 6.66. The number of nitrogens with two attached hydrogens (primary N) is 1. The predicted octanol–water partition coefficient (Wildman–Crippen LogP) is 3.08. The molecule has 3 N–H and O–H groups in total. The molecule has 1 heterocycles. The molecule has 5 heteroatoms. The van der Waals surface area contributed by atoms with Gasteiger partial charge < -0.3 is 15.8 Å². The maximum absolute atomic E-state index is 6.03. The summed E-state index contributed by atoms with van der Waals surface area (Å²) in [5.41, 5.74) is 6.61. The zero-order valence-corrected chi connectivity index (χ0v) is 12.9. The van der Waals surface area contributed by atoms with Gasteiger partial charge in [0.1, 0.15) is 12.0 Å². The van der Waals surface area contributed by atoms with Crippen LogP contribution in [-0.2, 0) is 0 Å². The van der Waals surface area contributed by atoms with Crippen LogP contribution in [0.5, 0.6) is 5.88 Å². The summed E-state index contributed by atoms with van der Waals surface area (Å²) in [6, 6.07) is 0. The Bertz CT molecular complexity index is 424. The van der Waals surface area contributed by atoms with Crippen LogP contribution in [0, 0.1) is 5.41 Å². The second-order valence-corrected chi connectivity index (χ2v) is 6.62. The Balaban J connectivity index is 2.90. The number of hydrogen-bond acceptors (Lipinski definition) is 5. The standard InChI is InChI=1S/C14H26N4O/c1-7-19-12-10(15)11(16-9-17-12)18-14(5,6)8-13(2,3)4/h9H,7-8,15H2,1-6H3,(H,16,17,18). The number of hydrogen-bond donors (Lipinski definition) is 2. The molecule has 5 nitrogen and oxygen atoms in total. The van der Waals surface area contributed by atoms with E-state index in [0.29, 0.717) is 24.0 Å². The molecule has 0 unspecified atom stereocenters. The monoisotopic (exact) mass is 266 g/mol. The van der Waals surface area contributed by atoms with Crippen molar-refractivity contribution in [2.24, 2.45) is 5.41 Å². The highest BCUT2D eigenvalue weighted by Gasteiger charge is 2.26. The number of nitrogens with one attached hydrogen (secondary N) is 1. The fourth-order valence-electron chi connectivity index (χ4n) is 2.42. The first-order valence-corrected chi connectivity index (χ1v) is 6.66. The summed E-state index contributed by atoms with van der Waals surface area (Å²) in [5.74, 6) is 1.07. The third-order valence-electron chi connectivity index (χ3n) is 2.56. The van der Waals surface area contributed by atoms with Gasteiger partial charge in [0.05, 0.1) is 6.61 Å². The summed E-state index contributed by atoms with van der Waals surface area (Å²) in [6.07, 6.45) is 2.46. The Kier molecular flexibility index (Phi) is 4.61. The molecule has 1 aromatic heterocycles. The summed E-state index contributed by atoms with van der Waals surface area (Å²) in [5, 5.41) is 3.39. The second-order valence-electron chi connectivity index (χ2n) is 6.62. The Morgan fingerprint density at radius 1 is 1.21 bits per heavy atom. The van der Waals surface area contributed by atoms with Crippen molar-refractivity contribution in [3.05, 3.63) is 6.33 Å². The maximum Gasteiger partial charge on any atom is 0.242 e. The van der Waals surface area contributed by atoms with Gasteiger partial charge in [-0.05, 0) is 32.6 Å². The molecular weight excluding hydrogens is 240 g/mol. The van der Waals surface area contributed by atoms with Crippen molar-refractivity contribution in [2.45, 2.75) is 53.5 Å². The van der Waals surface area contributed by atoms with Gasteiger partial charge in [-0.1, -0.05) is 20.8 Å². The predicted molar refractivity (Wildman–Crippen MR) is 79.4 cm³/mol. The van der Waals surface area contributed by atoms with E-state index in [-0.39, 0.29) is 11.0 Å². The van der Waals surface area contributed by atoms with E-state index in [0.717, 1.165) is 6.42 Å². The molecule has 0 saturated heterocycles. The average molecular weight is 266 g/mol. The van der Waals surface area contributed by atoms with Crippen LogP contribution in [-0.4, -0.2) is 22.1 Å². The smallest absolute Gasteiger partial charge is 0.242 e. The molecule has 0 aliphatic heterocycles. The number of aromatic nitrogens is 2. The van der Waals surface area contributed by atoms with Gasteiger partial charge in [-0.15, -0.1) is 0 Å². The molecule has 0 atom stereocenters. The molecule has 0 spiro atoms. The minimum atomic E-state index is -0.107. The van der Waals surface area contributed by atoms with Gasteiger partial charge in [-0.25, -0.2) is 4.98 Å². The van der Waals surface area contributed by atoms with E-state index in [2.05, 4.69) is 49.9 Å². The molecule has 0 aliphatic carbocycles. The van der Waals surface area contributed by atoms with Gasteiger partial charge in [0, 0.05) is 5.54 Å². The maximum atomic E-state index is 6.03. The Labute approximate surface area is 116 Å². The van der Waals surface area contributed by atoms with Crippen molar-refractivity contribution in [3.8, 4) is 5.88 Å². The highest BCUT2D eigenvalue weighted by molar-refractivity contribution is 5.67. The summed E-state index contributed by atoms with van der Waals surface area (Å²) >= 11 is 0. The molecule has 0 radical (unpaired) electrons. The van der Waals surface area contributed by atoms with Crippen molar-refractivity contribution in [1.29, 1.82) is 0 Å². The normalized spacial score (nSPS) is 12.3. The Hall–Kier alpha value is -1.52. The largest absolute Gasteiger partial charge is 0.476 e. The lowest BCUT2D eigenvalue weighted by atomic mass is 9.82. The van der Waals surface area contributed by atoms with Gasteiger partial charge in [0.2, 0.25) is 5.88 Å². The summed E-state index contributed by atoms with van der Waals surface area (Å²) in [7, 11) is 0. The van der Waals surface area contributed by atoms with E-state index < -0.39 is 0 Å². The van der Waals surface area contributed by atoms with Gasteiger partial charge in [0.25, 0.3) is 0 Å². The van der Waals surface area contributed by atoms with Crippen molar-refractivity contribution < 1.29 is 4.74 Å². The van der Waals surface area contributed by atoms with Crippen molar-refractivity contribution in [2.75, 3.05) is 17.7 Å². The molecule has 0 saturated carbocycles. The van der Waals surface area contributed by atoms with Gasteiger partial charge in [-0.2, -0.15) is 4.98 Å². The zero-order valence-electron chi connectivity index (χ0n) is 12.9. The molecule has 0 bridgehead atoms. The molecule has 0 aromatic carbocycles. The topological polar surface area (TPSA) is 73.1 Å². The van der Waals surface area contributed by atoms with Crippen LogP contribution in [0.3, 0.4) is 0 Å². The van der Waals surface area contributed by atoms with Crippen LogP contribution in [0.4, 0.5) is 11.5 Å². The fraction of sp³-hybridized carbons (Fsp3) is 0.714. The van der Waals surface area contributed by atoms with E-state index in [1.807, 2.05) is 6.92 Å². The quantitative estimate of drug-likeness (QED) is 0.856. The molecule has 1 rings (SSSR count). The summed E-state index contributed by atoms with van der Waals surface area (Å²) in [4.78, 5) is 8.24. The third kappa shape index (κ3) is 4.93. The van der Waals surface area contributed by atoms with E-state index in [1.54, 1.807) is 0 Å². The minimum absolute atomic E-state index is 0.107. The lowest BCUT2D eigenvalue weighted by Gasteiger charge is -2.34. The second kappa shape index (κ2) is 5.63. The zero-order chi connectivity index (χ0) is 14.7. The highest BCUT2D eigenvalue weighted by atomic mass is 16.5. The van der Waals surface area contributed by atoms with Gasteiger partial charge in [-0.3, -0.25) is 0 Å². The minimum Gasteiger partial charge on any atom is -0.476 e. The Morgan fingerprint density at radius 2 is 1.84 bits per heavy atom. The third-order valence-corrected chi connectivity index (χ3v) is 2.56. The van der Waals surface area contributed by atoms with Crippen LogP contribution in [0.2, 0.25) is 0 Å². The number of nitrogen functional groups attached to an aromatic ring is 1. The first kappa shape index (κ1) is 15.5. The molecular formula is C14H26N4O. The SMILES string of the molecule is CCOc1ncnc(NC(C)(C)CC(C)(C)C)c1N. The summed E-state index contributed by atoms with van der Waals surface area (Å²) in [6.45, 7) is 13.4. The highest BCUT2D eigenvalue weighted by Crippen LogP contribution is 2.32. The molecule has 0 amide bonds. The van der Waals surface area contributed by atoms with Crippen molar-refractivity contribution in [3.63, 3.8) is 0 Å². The van der Waals surface area contributed by atoms with Crippen LogP contribution in [0.15, 0.2) is 6.33 Å². The lowest BCUT2D eigenvalue weighted by molar-refractivity contribution is 0.301. The molecule has 108 valence electrons. The van der Waals surface area contributed by atoms with E-state index in [4.69, 9.17) is 10.5 Å². The Morgan fingerprint density at radius 3 is 2.37 bits per heavy atom. The first-order chi connectivity index (χ1) is 8.64. The summed E-state index contributed by atoms with van der Waals surface area (Å²) < 4.78 is 5.38. The van der Waals surface area contributed by atoms with Crippen LogP contribution < -0.4 is 15.8 Å². The molecule has 1 aromatic rings. The van der Waals surface area contributed by atoms with Gasteiger partial charge >= 0.3 is 0 Å². The molecule has 19 heavy (non-hydrogen) atoms. The van der Waals surface area contributed by atoms with Gasteiger partial charge in [0.15, 0.2) is 5.82 Å². The molecule has 0 fully saturated rings. The number of rotatable bonds is 5. The average Bonchev–Trinajstić information content (AvgIpc) is 2.20. The van der Waals surface area contributed by atoms with Crippen LogP contribution >= 0.6 is 0 Å². The van der Waals surface area contributed by atoms with Crippen LogP contribution in [0.25, 0.3) is 0 Å². The molecule has 0 aliphatic rings. The number of anilines is 2. The number of nitrogens with zero attached hydrogens (tertiary/aromatic N) is 2. The van der Waals surface area contributed by atoms with Crippen LogP contribution in [0.1, 0.15) is 48.0 Å². The number of ether oxygens (including phenoxy) is 1.